The Hall–Kier alpha value is -1.87. The Morgan fingerprint density at radius 1 is 0.914 bits per heavy atom. The molecular weight excluding hydrogens is 589 g/mol. The van der Waals surface area contributed by atoms with Gasteiger partial charge in [0.25, 0.3) is 5.91 Å². The van der Waals surface area contributed by atoms with E-state index in [4.69, 9.17) is 69.6 Å². The highest BCUT2D eigenvalue weighted by Crippen LogP contribution is 2.65. The summed E-state index contributed by atoms with van der Waals surface area (Å²) in [4.78, 5) is 29.0. The minimum absolute atomic E-state index is 0.0156. The molecule has 2 atom stereocenters. The number of anilines is 2. The van der Waals surface area contributed by atoms with Crippen LogP contribution < -0.4 is 10.6 Å². The van der Waals surface area contributed by atoms with Gasteiger partial charge in [0.2, 0.25) is 5.91 Å². The Labute approximate surface area is 227 Å². The van der Waals surface area contributed by atoms with Gasteiger partial charge in [0.1, 0.15) is 10.2 Å². The van der Waals surface area contributed by atoms with Crippen molar-refractivity contribution in [2.45, 2.75) is 10.3 Å². The zero-order chi connectivity index (χ0) is 25.7. The third-order valence-corrected chi connectivity index (χ3v) is 7.69. The summed E-state index contributed by atoms with van der Waals surface area (Å²) in [6, 6.07) is 7.71. The lowest BCUT2D eigenvalue weighted by Gasteiger charge is -2.10. The van der Waals surface area contributed by atoms with Crippen LogP contribution in [0.3, 0.4) is 0 Å². The van der Waals surface area contributed by atoms with Gasteiger partial charge in [-0.3, -0.25) is 9.59 Å². The van der Waals surface area contributed by atoms with Gasteiger partial charge in [0, 0.05) is 17.7 Å². The maximum atomic E-state index is 13.8. The number of alkyl halides is 2. The third-order valence-electron chi connectivity index (χ3n) is 5.22. The van der Waals surface area contributed by atoms with E-state index in [0.29, 0.717) is 11.6 Å². The van der Waals surface area contributed by atoms with Crippen LogP contribution in [0.4, 0.5) is 20.3 Å². The van der Waals surface area contributed by atoms with E-state index in [1.165, 1.54) is 30.3 Å². The Kier molecular flexibility index (Phi) is 7.40. The first-order chi connectivity index (χ1) is 16.4. The topological polar surface area (TPSA) is 71.1 Å². The first kappa shape index (κ1) is 26.2. The number of carbonyl (C=O) groups is 2. The second-order valence-electron chi connectivity index (χ2n) is 7.55. The van der Waals surface area contributed by atoms with E-state index in [1.807, 2.05) is 0 Å². The van der Waals surface area contributed by atoms with E-state index in [-0.39, 0.29) is 31.3 Å². The van der Waals surface area contributed by atoms with Crippen molar-refractivity contribution in [2.75, 3.05) is 10.6 Å². The second kappa shape index (κ2) is 9.88. The normalized spacial score (nSPS) is 18.2. The number of hydrogen-bond acceptors (Lipinski definition) is 3. The molecule has 2 amide bonds. The fraction of sp³-hybridized carbons (Fsp3) is 0.136. The highest BCUT2D eigenvalue weighted by atomic mass is 35.5. The van der Waals surface area contributed by atoms with E-state index in [2.05, 4.69) is 15.6 Å². The van der Waals surface area contributed by atoms with Crippen molar-refractivity contribution >= 4 is 92.9 Å². The fourth-order valence-electron chi connectivity index (χ4n) is 3.50. The van der Waals surface area contributed by atoms with Crippen molar-refractivity contribution in [3.63, 3.8) is 0 Å². The van der Waals surface area contributed by atoms with Crippen molar-refractivity contribution in [1.29, 1.82) is 0 Å². The van der Waals surface area contributed by atoms with Crippen LogP contribution in [0, 0.1) is 17.6 Å². The van der Waals surface area contributed by atoms with Crippen LogP contribution in [0.2, 0.25) is 20.1 Å². The number of halogens is 8. The quantitative estimate of drug-likeness (QED) is 0.233. The van der Waals surface area contributed by atoms with Gasteiger partial charge in [0.05, 0.1) is 37.8 Å². The van der Waals surface area contributed by atoms with Crippen molar-refractivity contribution in [2.24, 2.45) is 5.92 Å². The number of rotatable bonds is 5. The molecule has 4 rings (SSSR count). The van der Waals surface area contributed by atoms with Gasteiger partial charge in [-0.2, -0.15) is 0 Å². The maximum absolute atomic E-state index is 13.8. The van der Waals surface area contributed by atoms with Gasteiger partial charge in [-0.25, -0.2) is 13.8 Å². The Balaban J connectivity index is 1.52. The summed E-state index contributed by atoms with van der Waals surface area (Å²) < 4.78 is 25.4. The fourth-order valence-corrected chi connectivity index (χ4v) is 5.15. The van der Waals surface area contributed by atoms with E-state index in [0.717, 1.165) is 6.20 Å². The molecule has 182 valence electrons. The Morgan fingerprint density at radius 2 is 1.57 bits per heavy atom. The van der Waals surface area contributed by atoms with Crippen LogP contribution in [0.25, 0.3) is 0 Å². The number of aromatic nitrogens is 1. The van der Waals surface area contributed by atoms with Crippen molar-refractivity contribution in [1.82, 2.24) is 4.98 Å². The van der Waals surface area contributed by atoms with Crippen LogP contribution in [0.1, 0.15) is 21.8 Å². The summed E-state index contributed by atoms with van der Waals surface area (Å²) in [7, 11) is 0. The zero-order valence-corrected chi connectivity index (χ0v) is 21.5. The number of pyridine rings is 1. The molecular formula is C22H11Cl6F2N3O2. The molecule has 1 heterocycles. The first-order valence-corrected chi connectivity index (χ1v) is 11.9. The molecule has 0 unspecified atom stereocenters. The molecule has 2 N–H and O–H groups in total. The highest BCUT2D eigenvalue weighted by Gasteiger charge is 2.67. The standard InChI is InChI=1S/C22H11Cl6F2N3O2/c23-12-2-1-10(6-11(12)20(34)33-19-15(30)5-9(29)7-31-19)32-21(35)17-16(22(17,27)28)8-3-13(24)18(26)14(25)4-8/h1-7,16-17H,(H,32,35)(H,31,33,34)/t16-,17+/m0/s1. The lowest BCUT2D eigenvalue weighted by atomic mass is 10.1. The molecule has 5 nitrogen and oxygen atoms in total. The van der Waals surface area contributed by atoms with Crippen LogP contribution in [0.15, 0.2) is 42.6 Å². The van der Waals surface area contributed by atoms with Gasteiger partial charge >= 0.3 is 0 Å². The largest absolute Gasteiger partial charge is 0.326 e. The van der Waals surface area contributed by atoms with Gasteiger partial charge in [-0.1, -0.05) is 46.4 Å². The highest BCUT2D eigenvalue weighted by molar-refractivity contribution is 6.54. The third kappa shape index (κ3) is 5.31. The molecule has 1 saturated carbocycles. The van der Waals surface area contributed by atoms with Crippen LogP contribution in [-0.2, 0) is 4.79 Å². The van der Waals surface area contributed by atoms with Crippen molar-refractivity contribution in [3.8, 4) is 0 Å². The monoisotopic (exact) mass is 597 g/mol. The zero-order valence-electron chi connectivity index (χ0n) is 17.0. The Bertz CT molecular complexity index is 1350. The van der Waals surface area contributed by atoms with Gasteiger partial charge in [-0.05, 0) is 35.9 Å². The Morgan fingerprint density at radius 3 is 2.20 bits per heavy atom. The minimum Gasteiger partial charge on any atom is -0.326 e. The summed E-state index contributed by atoms with van der Waals surface area (Å²) in [5.41, 5.74) is 0.625. The second-order valence-corrected chi connectivity index (χ2v) is 10.6. The average molecular weight is 600 g/mol. The predicted molar refractivity (Wildman–Crippen MR) is 134 cm³/mol. The maximum Gasteiger partial charge on any atom is 0.258 e. The van der Waals surface area contributed by atoms with Crippen LogP contribution >= 0.6 is 69.6 Å². The molecule has 1 aliphatic rings. The molecule has 3 aromatic rings. The molecule has 1 aliphatic carbocycles. The van der Waals surface area contributed by atoms with Crippen molar-refractivity contribution in [3.05, 3.63) is 85.4 Å². The molecule has 35 heavy (non-hydrogen) atoms. The summed E-state index contributed by atoms with van der Waals surface area (Å²) in [6.45, 7) is 0. The average Bonchev–Trinajstić information content (AvgIpc) is 3.37. The van der Waals surface area contributed by atoms with Crippen LogP contribution in [0.5, 0.6) is 0 Å². The predicted octanol–water partition coefficient (Wildman–Crippen LogP) is 7.75. The molecule has 1 aromatic heterocycles. The van der Waals surface area contributed by atoms with Gasteiger partial charge < -0.3 is 10.6 Å². The molecule has 0 bridgehead atoms. The molecule has 0 aliphatic heterocycles. The molecule has 13 heteroatoms. The number of nitrogens with one attached hydrogen (secondary N) is 2. The minimum atomic E-state index is -1.44. The molecule has 0 spiro atoms. The SMILES string of the molecule is O=C(Nc1ncc(F)cc1F)c1cc(NC(=O)[C@H]2[C@H](c3cc(Cl)c(Cl)c(Cl)c3)C2(Cl)Cl)ccc1Cl. The summed E-state index contributed by atoms with van der Waals surface area (Å²) >= 11 is 37.0. The summed E-state index contributed by atoms with van der Waals surface area (Å²) in [6.07, 6.45) is 0.745. The molecule has 0 radical (unpaired) electrons. The van der Waals surface area contributed by atoms with Gasteiger partial charge in [0.15, 0.2) is 11.6 Å². The van der Waals surface area contributed by atoms with Crippen LogP contribution in [-0.4, -0.2) is 21.1 Å². The van der Waals surface area contributed by atoms with E-state index in [9.17, 15) is 18.4 Å². The van der Waals surface area contributed by atoms with E-state index >= 15 is 0 Å². The number of amides is 2. The first-order valence-electron chi connectivity index (χ1n) is 9.65. The molecule has 0 saturated heterocycles. The van der Waals surface area contributed by atoms with E-state index < -0.39 is 45.4 Å². The number of benzene rings is 2. The summed E-state index contributed by atoms with van der Waals surface area (Å²) in [5, 5.41) is 5.38. The smallest absolute Gasteiger partial charge is 0.258 e. The number of nitrogens with zero attached hydrogens (tertiary/aromatic N) is 1. The number of hydrogen-bond donors (Lipinski definition) is 2. The lowest BCUT2D eigenvalue weighted by Crippen LogP contribution is -2.18. The van der Waals surface area contributed by atoms with Gasteiger partial charge in [-0.15, -0.1) is 23.2 Å². The lowest BCUT2D eigenvalue weighted by molar-refractivity contribution is -0.117. The summed E-state index contributed by atoms with van der Waals surface area (Å²) in [5.74, 6) is -5.33. The number of carbonyl (C=O) groups excluding carboxylic acids is 2. The van der Waals surface area contributed by atoms with Crippen molar-refractivity contribution < 1.29 is 18.4 Å². The van der Waals surface area contributed by atoms with E-state index in [1.54, 1.807) is 0 Å². The molecule has 2 aromatic carbocycles. The molecule has 1 fully saturated rings.